The third kappa shape index (κ3) is 3.48. The van der Waals surface area contributed by atoms with Crippen molar-refractivity contribution in [3.63, 3.8) is 0 Å². The first-order chi connectivity index (χ1) is 11.7. The molecule has 1 amide bonds. The molecule has 25 heavy (non-hydrogen) atoms. The predicted molar refractivity (Wildman–Crippen MR) is 96.3 cm³/mol. The third-order valence-electron chi connectivity index (χ3n) is 4.03. The average Bonchev–Trinajstić information content (AvgIpc) is 2.84. The van der Waals surface area contributed by atoms with E-state index in [-0.39, 0.29) is 16.8 Å². The molecule has 1 N–H and O–H groups in total. The fourth-order valence-corrected chi connectivity index (χ4v) is 4.46. The molecule has 1 heterocycles. The highest BCUT2D eigenvalue weighted by Crippen LogP contribution is 2.34. The quantitative estimate of drug-likeness (QED) is 0.884. The van der Waals surface area contributed by atoms with E-state index in [2.05, 4.69) is 5.32 Å². The van der Waals surface area contributed by atoms with Crippen molar-refractivity contribution >= 4 is 38.9 Å². The highest BCUT2D eigenvalue weighted by Gasteiger charge is 2.32. The highest BCUT2D eigenvalue weighted by atomic mass is 35.5. The number of carbonyl (C=O) groups excluding carboxylic acids is 1. The summed E-state index contributed by atoms with van der Waals surface area (Å²) in [5.74, 6) is -1.10. The number of amides is 1. The smallest absolute Gasteiger partial charge is 0.255 e. The molecule has 1 atom stereocenters. The fraction of sp³-hybridized carbons (Fsp3) is 0.235. The molecule has 3 rings (SSSR count). The van der Waals surface area contributed by atoms with Gasteiger partial charge in [0.15, 0.2) is 0 Å². The lowest BCUT2D eigenvalue weighted by Gasteiger charge is -2.21. The molecule has 2 aromatic rings. The summed E-state index contributed by atoms with van der Waals surface area (Å²) in [4.78, 5) is 12.4. The van der Waals surface area contributed by atoms with E-state index >= 15 is 0 Å². The summed E-state index contributed by atoms with van der Waals surface area (Å²) in [7, 11) is -3.39. The third-order valence-corrected chi connectivity index (χ3v) is 5.54. The molecule has 1 aliphatic heterocycles. The van der Waals surface area contributed by atoms with Gasteiger partial charge in [0.2, 0.25) is 10.0 Å². The molecule has 0 fully saturated rings. The minimum absolute atomic E-state index is 0.0287. The Labute approximate surface area is 150 Å². The van der Waals surface area contributed by atoms with Crippen LogP contribution in [0.2, 0.25) is 5.02 Å². The maximum atomic E-state index is 13.8. The lowest BCUT2D eigenvalue weighted by molar-refractivity contribution is 0.102. The number of fused-ring (bicyclic) bond motifs is 1. The second kappa shape index (κ2) is 6.31. The normalized spacial score (nSPS) is 16.6. The molecule has 0 radical (unpaired) electrons. The van der Waals surface area contributed by atoms with Gasteiger partial charge in [-0.2, -0.15) is 0 Å². The monoisotopic (exact) mass is 382 g/mol. The van der Waals surface area contributed by atoms with E-state index in [0.717, 1.165) is 17.9 Å². The van der Waals surface area contributed by atoms with E-state index in [1.165, 1.54) is 22.5 Å². The molecular weight excluding hydrogens is 367 g/mol. The summed E-state index contributed by atoms with van der Waals surface area (Å²) < 4.78 is 39.0. The standard InChI is InChI=1S/C17H16ClFN2O3S/c1-10-7-12-8-11(3-6-16(12)21(10)25(2,23)24)17(22)20-15-5-4-13(18)9-14(15)19/h3-6,8-10H,7H2,1-2H3,(H,20,22). The number of carbonyl (C=O) groups is 1. The number of halogens is 2. The molecule has 0 bridgehead atoms. The summed E-state index contributed by atoms with van der Waals surface area (Å²) in [5.41, 5.74) is 1.70. The van der Waals surface area contributed by atoms with E-state index < -0.39 is 21.7 Å². The zero-order chi connectivity index (χ0) is 18.4. The summed E-state index contributed by atoms with van der Waals surface area (Å²) in [5, 5.41) is 2.73. The highest BCUT2D eigenvalue weighted by molar-refractivity contribution is 7.92. The van der Waals surface area contributed by atoms with Crippen LogP contribution in [0.5, 0.6) is 0 Å². The van der Waals surface area contributed by atoms with E-state index in [9.17, 15) is 17.6 Å². The van der Waals surface area contributed by atoms with Gasteiger partial charge in [-0.3, -0.25) is 9.10 Å². The minimum atomic E-state index is -3.39. The van der Waals surface area contributed by atoms with Crippen molar-refractivity contribution in [1.29, 1.82) is 0 Å². The SMILES string of the molecule is CC1Cc2cc(C(=O)Nc3ccc(Cl)cc3F)ccc2N1S(C)(=O)=O. The van der Waals surface area contributed by atoms with Gasteiger partial charge in [0.05, 0.1) is 17.6 Å². The van der Waals surface area contributed by atoms with Crippen molar-refractivity contribution < 1.29 is 17.6 Å². The molecule has 0 saturated heterocycles. The van der Waals surface area contributed by atoms with Crippen molar-refractivity contribution in [2.24, 2.45) is 0 Å². The molecule has 8 heteroatoms. The molecule has 1 aliphatic rings. The van der Waals surface area contributed by atoms with Gasteiger partial charge in [0, 0.05) is 16.6 Å². The van der Waals surface area contributed by atoms with E-state index in [1.807, 2.05) is 6.92 Å². The van der Waals surface area contributed by atoms with Gasteiger partial charge in [-0.1, -0.05) is 11.6 Å². The van der Waals surface area contributed by atoms with Crippen LogP contribution in [0.15, 0.2) is 36.4 Å². The first kappa shape index (κ1) is 17.7. The van der Waals surface area contributed by atoms with Crippen molar-refractivity contribution in [2.45, 2.75) is 19.4 Å². The van der Waals surface area contributed by atoms with Gasteiger partial charge >= 0.3 is 0 Å². The Morgan fingerprint density at radius 1 is 1.28 bits per heavy atom. The number of benzene rings is 2. The molecule has 0 spiro atoms. The van der Waals surface area contributed by atoms with Crippen molar-refractivity contribution in [1.82, 2.24) is 0 Å². The zero-order valence-electron chi connectivity index (χ0n) is 13.6. The molecule has 0 saturated carbocycles. The first-order valence-electron chi connectivity index (χ1n) is 7.55. The fourth-order valence-electron chi connectivity index (χ4n) is 3.03. The van der Waals surface area contributed by atoms with Gasteiger partial charge in [-0.15, -0.1) is 0 Å². The summed E-state index contributed by atoms with van der Waals surface area (Å²) in [6, 6.07) is 8.54. The number of nitrogens with zero attached hydrogens (tertiary/aromatic N) is 1. The van der Waals surface area contributed by atoms with E-state index in [1.54, 1.807) is 12.1 Å². The lowest BCUT2D eigenvalue weighted by Crippen LogP contribution is -2.34. The predicted octanol–water partition coefficient (Wildman–Crippen LogP) is 3.44. The molecule has 1 unspecified atom stereocenters. The summed E-state index contributed by atoms with van der Waals surface area (Å²) in [6.07, 6.45) is 1.67. The van der Waals surface area contributed by atoms with Crippen LogP contribution < -0.4 is 9.62 Å². The van der Waals surface area contributed by atoms with Crippen LogP contribution in [0.3, 0.4) is 0 Å². The van der Waals surface area contributed by atoms with Crippen LogP contribution in [0.4, 0.5) is 15.8 Å². The van der Waals surface area contributed by atoms with Crippen LogP contribution in [-0.4, -0.2) is 26.6 Å². The Morgan fingerprint density at radius 2 is 2.00 bits per heavy atom. The van der Waals surface area contributed by atoms with Crippen LogP contribution >= 0.6 is 11.6 Å². The van der Waals surface area contributed by atoms with Gasteiger partial charge in [0.1, 0.15) is 5.82 Å². The van der Waals surface area contributed by atoms with Gasteiger partial charge < -0.3 is 5.32 Å². The van der Waals surface area contributed by atoms with Crippen molar-refractivity contribution in [3.05, 3.63) is 58.4 Å². The molecule has 132 valence electrons. The Bertz CT molecular complexity index is 962. The minimum Gasteiger partial charge on any atom is -0.319 e. The lowest BCUT2D eigenvalue weighted by atomic mass is 10.1. The number of nitrogens with one attached hydrogen (secondary N) is 1. The Kier molecular flexibility index (Phi) is 4.47. The number of hydrogen-bond donors (Lipinski definition) is 1. The van der Waals surface area contributed by atoms with Crippen LogP contribution in [0.25, 0.3) is 0 Å². The Hall–Kier alpha value is -2.12. The molecule has 0 aromatic heterocycles. The van der Waals surface area contributed by atoms with Crippen molar-refractivity contribution in [3.8, 4) is 0 Å². The molecule has 0 aliphatic carbocycles. The average molecular weight is 383 g/mol. The number of anilines is 2. The summed E-state index contributed by atoms with van der Waals surface area (Å²) in [6.45, 7) is 1.81. The summed E-state index contributed by atoms with van der Waals surface area (Å²) >= 11 is 5.69. The van der Waals surface area contributed by atoms with Gasteiger partial charge in [-0.25, -0.2) is 12.8 Å². The molecule has 5 nitrogen and oxygen atoms in total. The van der Waals surface area contributed by atoms with Gasteiger partial charge in [0.25, 0.3) is 5.91 Å². The maximum absolute atomic E-state index is 13.8. The van der Waals surface area contributed by atoms with E-state index in [4.69, 9.17) is 11.6 Å². The number of sulfonamides is 1. The maximum Gasteiger partial charge on any atom is 0.255 e. The van der Waals surface area contributed by atoms with Crippen LogP contribution in [0.1, 0.15) is 22.8 Å². The number of hydrogen-bond acceptors (Lipinski definition) is 3. The molecular formula is C17H16ClFN2O3S. The van der Waals surface area contributed by atoms with Crippen LogP contribution in [-0.2, 0) is 16.4 Å². The zero-order valence-corrected chi connectivity index (χ0v) is 15.2. The Morgan fingerprint density at radius 3 is 2.64 bits per heavy atom. The van der Waals surface area contributed by atoms with Gasteiger partial charge in [-0.05, 0) is 55.3 Å². The second-order valence-electron chi connectivity index (χ2n) is 6.03. The van der Waals surface area contributed by atoms with E-state index in [0.29, 0.717) is 17.7 Å². The Balaban J connectivity index is 1.88. The largest absolute Gasteiger partial charge is 0.319 e. The topological polar surface area (TPSA) is 66.5 Å². The second-order valence-corrected chi connectivity index (χ2v) is 8.33. The first-order valence-corrected chi connectivity index (χ1v) is 9.78. The van der Waals surface area contributed by atoms with Crippen molar-refractivity contribution in [2.75, 3.05) is 15.9 Å². The number of rotatable bonds is 3. The molecule has 2 aromatic carbocycles. The van der Waals surface area contributed by atoms with Crippen LogP contribution in [0, 0.1) is 5.82 Å².